The van der Waals surface area contributed by atoms with Crippen LogP contribution in [-0.2, 0) is 27.4 Å². The number of hydrogen-bond acceptors (Lipinski definition) is 6. The van der Waals surface area contributed by atoms with E-state index in [0.29, 0.717) is 26.2 Å². The topological polar surface area (TPSA) is 111 Å². The first-order valence-electron chi connectivity index (χ1n) is 8.42. The van der Waals surface area contributed by atoms with E-state index in [0.717, 1.165) is 25.1 Å². The molecule has 0 saturated carbocycles. The fourth-order valence-corrected chi connectivity index (χ4v) is 3.54. The van der Waals surface area contributed by atoms with Crippen molar-refractivity contribution in [2.45, 2.75) is 25.9 Å². The van der Waals surface area contributed by atoms with E-state index in [4.69, 9.17) is 5.73 Å². The molecule has 3 rings (SSSR count). The maximum atomic E-state index is 12.9. The van der Waals surface area contributed by atoms with Gasteiger partial charge in [-0.25, -0.2) is 4.79 Å². The van der Waals surface area contributed by atoms with Crippen LogP contribution < -0.4 is 5.73 Å². The third kappa shape index (κ3) is 3.81. The number of carbonyl (C=O) groups excluding carboxylic acids is 3. The Balaban J connectivity index is 1.64. The van der Waals surface area contributed by atoms with Gasteiger partial charge in [0.1, 0.15) is 0 Å². The second-order valence-corrected chi connectivity index (χ2v) is 6.54. The zero-order valence-electron chi connectivity index (χ0n) is 14.3. The van der Waals surface area contributed by atoms with Gasteiger partial charge in [-0.15, -0.1) is 0 Å². The quantitative estimate of drug-likeness (QED) is 0.713. The van der Waals surface area contributed by atoms with Crippen molar-refractivity contribution in [3.05, 3.63) is 17.5 Å². The number of esters is 1. The number of rotatable bonds is 4. The lowest BCUT2D eigenvalue weighted by molar-refractivity contribution is -0.139. The van der Waals surface area contributed by atoms with Crippen molar-refractivity contribution in [3.8, 4) is 0 Å². The summed E-state index contributed by atoms with van der Waals surface area (Å²) in [5.74, 6) is -0.886. The molecule has 2 amide bonds. The summed E-state index contributed by atoms with van der Waals surface area (Å²) in [5.41, 5.74) is 6.34. The molecule has 9 heteroatoms. The summed E-state index contributed by atoms with van der Waals surface area (Å²) in [4.78, 5) is 39.3. The molecule has 1 aromatic heterocycles. The smallest absolute Gasteiger partial charge is 0.358 e. The highest BCUT2D eigenvalue weighted by Gasteiger charge is 2.32. The summed E-state index contributed by atoms with van der Waals surface area (Å²) in [6.45, 7) is 3.08. The molecule has 1 aromatic rings. The lowest BCUT2D eigenvalue weighted by atomic mass is 9.96. The molecule has 0 spiro atoms. The standard InChI is InChI=1S/C16H23N5O4/c1-25-16(24)13-7-12-9-20(5-6-21(12)18-13)15(23)11-3-2-4-19(8-11)10-14(17)22/h7,11H,2-6,8-10H2,1H3,(H2,17,22)/t11-/m1/s1. The molecular formula is C16H23N5O4. The van der Waals surface area contributed by atoms with Crippen LogP contribution in [0.5, 0.6) is 0 Å². The van der Waals surface area contributed by atoms with Crippen molar-refractivity contribution in [2.75, 3.05) is 33.3 Å². The molecule has 1 atom stereocenters. The summed E-state index contributed by atoms with van der Waals surface area (Å²) < 4.78 is 6.43. The molecule has 0 aromatic carbocycles. The van der Waals surface area contributed by atoms with Crippen LogP contribution in [0.25, 0.3) is 0 Å². The van der Waals surface area contributed by atoms with Gasteiger partial charge in [-0.05, 0) is 25.5 Å². The number of amides is 2. The van der Waals surface area contributed by atoms with Crippen molar-refractivity contribution in [1.82, 2.24) is 19.6 Å². The number of methoxy groups -OCH3 is 1. The van der Waals surface area contributed by atoms with Crippen molar-refractivity contribution in [1.29, 1.82) is 0 Å². The summed E-state index contributed by atoms with van der Waals surface area (Å²) in [6, 6.07) is 1.67. The molecule has 1 saturated heterocycles. The SMILES string of the molecule is COC(=O)c1cc2n(n1)CCN(C(=O)[C@@H]1CCCN(CC(N)=O)C1)C2. The fraction of sp³-hybridized carbons (Fsp3) is 0.625. The van der Waals surface area contributed by atoms with Crippen LogP contribution >= 0.6 is 0 Å². The molecule has 0 unspecified atom stereocenters. The Morgan fingerprint density at radius 3 is 2.84 bits per heavy atom. The lowest BCUT2D eigenvalue weighted by Crippen LogP contribution is -2.48. The normalized spacial score (nSPS) is 20.8. The van der Waals surface area contributed by atoms with E-state index in [-0.39, 0.29) is 30.0 Å². The molecule has 0 radical (unpaired) electrons. The number of aromatic nitrogens is 2. The minimum Gasteiger partial charge on any atom is -0.464 e. The maximum absolute atomic E-state index is 12.9. The van der Waals surface area contributed by atoms with E-state index in [9.17, 15) is 14.4 Å². The number of fused-ring (bicyclic) bond motifs is 1. The number of primary amides is 1. The number of nitrogens with zero attached hydrogens (tertiary/aromatic N) is 4. The van der Waals surface area contributed by atoms with E-state index in [2.05, 4.69) is 9.84 Å². The molecule has 9 nitrogen and oxygen atoms in total. The zero-order chi connectivity index (χ0) is 18.0. The third-order valence-corrected chi connectivity index (χ3v) is 4.74. The zero-order valence-corrected chi connectivity index (χ0v) is 14.3. The fourth-order valence-electron chi connectivity index (χ4n) is 3.54. The number of carbonyl (C=O) groups is 3. The van der Waals surface area contributed by atoms with Crippen molar-refractivity contribution in [2.24, 2.45) is 11.7 Å². The molecule has 25 heavy (non-hydrogen) atoms. The van der Waals surface area contributed by atoms with Gasteiger partial charge in [0, 0.05) is 13.1 Å². The van der Waals surface area contributed by atoms with Crippen molar-refractivity contribution >= 4 is 17.8 Å². The van der Waals surface area contributed by atoms with Crippen LogP contribution in [-0.4, -0.2) is 70.7 Å². The second-order valence-electron chi connectivity index (χ2n) is 6.54. The van der Waals surface area contributed by atoms with Gasteiger partial charge >= 0.3 is 5.97 Å². The lowest BCUT2D eigenvalue weighted by Gasteiger charge is -2.35. The van der Waals surface area contributed by atoms with E-state index in [1.54, 1.807) is 15.6 Å². The monoisotopic (exact) mass is 349 g/mol. The molecule has 2 aliphatic rings. The first-order chi connectivity index (χ1) is 12.0. The van der Waals surface area contributed by atoms with Crippen LogP contribution in [0.2, 0.25) is 0 Å². The number of piperidine rings is 1. The highest BCUT2D eigenvalue weighted by atomic mass is 16.5. The molecule has 136 valence electrons. The predicted octanol–water partition coefficient (Wildman–Crippen LogP) is -0.791. The third-order valence-electron chi connectivity index (χ3n) is 4.74. The minimum atomic E-state index is -0.478. The van der Waals surface area contributed by atoms with Gasteiger partial charge in [-0.3, -0.25) is 19.2 Å². The van der Waals surface area contributed by atoms with Gasteiger partial charge in [-0.2, -0.15) is 5.10 Å². The van der Waals surface area contributed by atoms with E-state index in [1.807, 2.05) is 4.90 Å². The second kappa shape index (κ2) is 7.22. The largest absolute Gasteiger partial charge is 0.464 e. The Morgan fingerprint density at radius 1 is 1.32 bits per heavy atom. The van der Waals surface area contributed by atoms with Crippen LogP contribution in [0.15, 0.2) is 6.07 Å². The summed E-state index contributed by atoms with van der Waals surface area (Å²) >= 11 is 0. The van der Waals surface area contributed by atoms with Crippen LogP contribution in [0.3, 0.4) is 0 Å². The molecular weight excluding hydrogens is 326 g/mol. The summed E-state index contributed by atoms with van der Waals surface area (Å²) in [5, 5.41) is 4.22. The van der Waals surface area contributed by atoms with E-state index >= 15 is 0 Å². The Kier molecular flexibility index (Phi) is 5.03. The molecule has 2 aliphatic heterocycles. The molecule has 0 bridgehead atoms. The van der Waals surface area contributed by atoms with Crippen molar-refractivity contribution < 1.29 is 19.1 Å². The van der Waals surface area contributed by atoms with E-state index in [1.165, 1.54) is 7.11 Å². The predicted molar refractivity (Wildman–Crippen MR) is 87.3 cm³/mol. The summed E-state index contributed by atoms with van der Waals surface area (Å²) in [6.07, 6.45) is 1.69. The average Bonchev–Trinajstić information content (AvgIpc) is 3.03. The number of ether oxygens (including phenoxy) is 1. The van der Waals surface area contributed by atoms with Crippen LogP contribution in [0.4, 0.5) is 0 Å². The number of likely N-dealkylation sites (tertiary alicyclic amines) is 1. The maximum Gasteiger partial charge on any atom is 0.358 e. The number of hydrogen-bond donors (Lipinski definition) is 1. The molecule has 1 fully saturated rings. The van der Waals surface area contributed by atoms with Gasteiger partial charge in [0.05, 0.1) is 38.4 Å². The molecule has 2 N–H and O–H groups in total. The van der Waals surface area contributed by atoms with Gasteiger partial charge in [0.2, 0.25) is 11.8 Å². The highest BCUT2D eigenvalue weighted by Crippen LogP contribution is 2.22. The van der Waals surface area contributed by atoms with Crippen LogP contribution in [0.1, 0.15) is 29.0 Å². The Labute approximate surface area is 145 Å². The highest BCUT2D eigenvalue weighted by molar-refractivity contribution is 5.87. The summed E-state index contributed by atoms with van der Waals surface area (Å²) in [7, 11) is 1.32. The first-order valence-corrected chi connectivity index (χ1v) is 8.42. The molecule has 3 heterocycles. The Bertz CT molecular complexity index is 686. The van der Waals surface area contributed by atoms with Crippen molar-refractivity contribution in [3.63, 3.8) is 0 Å². The van der Waals surface area contributed by atoms with Crippen LogP contribution in [0, 0.1) is 5.92 Å². The van der Waals surface area contributed by atoms with Gasteiger partial charge < -0.3 is 15.4 Å². The molecule has 0 aliphatic carbocycles. The Hall–Kier alpha value is -2.42. The Morgan fingerprint density at radius 2 is 2.12 bits per heavy atom. The van der Waals surface area contributed by atoms with E-state index < -0.39 is 5.97 Å². The number of nitrogens with two attached hydrogens (primary N) is 1. The first kappa shape index (κ1) is 17.4. The minimum absolute atomic E-state index is 0.0845. The van der Waals surface area contributed by atoms with Gasteiger partial charge in [0.25, 0.3) is 0 Å². The van der Waals surface area contributed by atoms with Gasteiger partial charge in [-0.1, -0.05) is 0 Å². The average molecular weight is 349 g/mol. The van der Waals surface area contributed by atoms with Gasteiger partial charge in [0.15, 0.2) is 5.69 Å².